The largest absolute Gasteiger partial charge is 0.339 e. The van der Waals surface area contributed by atoms with Gasteiger partial charge in [0.2, 0.25) is 11.9 Å². The van der Waals surface area contributed by atoms with Crippen LogP contribution in [0.2, 0.25) is 0 Å². The molecule has 31 heavy (non-hydrogen) atoms. The molecule has 3 aromatic rings. The Morgan fingerprint density at radius 1 is 1.26 bits per heavy atom. The highest BCUT2D eigenvalue weighted by Crippen LogP contribution is 2.27. The van der Waals surface area contributed by atoms with Crippen molar-refractivity contribution in [2.75, 3.05) is 36.4 Å². The molecule has 166 valence electrons. The smallest absolute Gasteiger partial charge is 0.245 e. The molecule has 0 atom stereocenters. The van der Waals surface area contributed by atoms with Crippen LogP contribution in [-0.2, 0) is 4.79 Å². The zero-order valence-corrected chi connectivity index (χ0v) is 18.9. The number of nitrogens with one attached hydrogen (secondary N) is 2. The molecule has 1 saturated heterocycles. The third kappa shape index (κ3) is 4.50. The molecule has 1 aliphatic rings. The van der Waals surface area contributed by atoms with Crippen LogP contribution in [-0.4, -0.2) is 61.8 Å². The maximum atomic E-state index is 13.0. The van der Waals surface area contributed by atoms with Gasteiger partial charge in [-0.1, -0.05) is 33.6 Å². The van der Waals surface area contributed by atoms with E-state index in [1.807, 2.05) is 40.7 Å². The van der Waals surface area contributed by atoms with Crippen molar-refractivity contribution in [1.82, 2.24) is 29.7 Å². The van der Waals surface area contributed by atoms with Crippen LogP contribution >= 0.6 is 0 Å². The summed E-state index contributed by atoms with van der Waals surface area (Å²) in [6, 6.07) is 5.86. The summed E-state index contributed by atoms with van der Waals surface area (Å²) in [4.78, 5) is 21.9. The van der Waals surface area contributed by atoms with Gasteiger partial charge in [-0.3, -0.25) is 9.89 Å². The van der Waals surface area contributed by atoms with Crippen LogP contribution in [0.3, 0.4) is 0 Å². The van der Waals surface area contributed by atoms with Gasteiger partial charge in [0.1, 0.15) is 5.52 Å². The summed E-state index contributed by atoms with van der Waals surface area (Å²) >= 11 is 0. The topological polar surface area (TPSA) is 94.5 Å². The lowest BCUT2D eigenvalue weighted by Crippen LogP contribution is -2.52. The van der Waals surface area contributed by atoms with Crippen LogP contribution < -0.4 is 10.2 Å². The molecule has 0 radical (unpaired) electrons. The van der Waals surface area contributed by atoms with Gasteiger partial charge >= 0.3 is 0 Å². The zero-order valence-electron chi connectivity index (χ0n) is 18.9. The van der Waals surface area contributed by atoms with Crippen LogP contribution in [0.1, 0.15) is 45.7 Å². The van der Waals surface area contributed by atoms with E-state index in [2.05, 4.69) is 46.3 Å². The number of carbonyl (C=O) groups excluding carboxylic acids is 1. The molecule has 1 fully saturated rings. The summed E-state index contributed by atoms with van der Waals surface area (Å²) in [7, 11) is 0. The van der Waals surface area contributed by atoms with Gasteiger partial charge in [-0.25, -0.2) is 4.52 Å². The highest BCUT2D eigenvalue weighted by molar-refractivity contribution is 5.82. The number of nitrogens with zero attached hydrogens (tertiary/aromatic N) is 6. The Bertz CT molecular complexity index is 1040. The van der Waals surface area contributed by atoms with E-state index in [0.29, 0.717) is 37.9 Å². The van der Waals surface area contributed by atoms with Gasteiger partial charge in [0, 0.05) is 49.6 Å². The number of carbonyl (C=O) groups is 1. The van der Waals surface area contributed by atoms with Crippen molar-refractivity contribution in [2.45, 2.75) is 47.0 Å². The summed E-state index contributed by atoms with van der Waals surface area (Å²) in [5.41, 5.74) is 1.55. The van der Waals surface area contributed by atoms with Crippen LogP contribution in [0.5, 0.6) is 0 Å². The van der Waals surface area contributed by atoms with E-state index in [0.717, 1.165) is 36.3 Å². The van der Waals surface area contributed by atoms with Gasteiger partial charge < -0.3 is 15.1 Å². The number of anilines is 3. The highest BCUT2D eigenvalue weighted by atomic mass is 16.2. The summed E-state index contributed by atoms with van der Waals surface area (Å²) in [5, 5.41) is 15.2. The number of aryl methyl sites for hydroxylation is 1. The molecular weight excluding hydrogens is 392 g/mol. The van der Waals surface area contributed by atoms with Gasteiger partial charge in [0.05, 0.1) is 0 Å². The van der Waals surface area contributed by atoms with E-state index < -0.39 is 0 Å². The predicted octanol–water partition coefficient (Wildman–Crippen LogP) is 3.37. The third-order valence-corrected chi connectivity index (χ3v) is 5.92. The molecule has 0 saturated carbocycles. The Kier molecular flexibility index (Phi) is 5.84. The van der Waals surface area contributed by atoms with Crippen LogP contribution in [0.15, 0.2) is 24.4 Å². The minimum absolute atomic E-state index is 0.249. The predicted molar refractivity (Wildman–Crippen MR) is 122 cm³/mol. The maximum Gasteiger partial charge on any atom is 0.245 e. The molecule has 3 aromatic heterocycles. The molecule has 9 heteroatoms. The molecule has 0 bridgehead atoms. The Morgan fingerprint density at radius 3 is 2.71 bits per heavy atom. The standard InChI is InChI=1S/C22H32N8O/c1-5-6-9-22(3,4)20(31)28-11-13-29(14-12-28)21-24-19(17-8-7-10-30(17)27-21)23-18-15-16(2)25-26-18/h7-8,10,15H,5-6,9,11-14H2,1-4H3,(H2,23,24,25,26,27). The van der Waals surface area contributed by atoms with Gasteiger partial charge in [-0.2, -0.15) is 10.1 Å². The molecule has 1 amide bonds. The van der Waals surface area contributed by atoms with Crippen LogP contribution in [0.25, 0.3) is 5.52 Å². The summed E-state index contributed by atoms with van der Waals surface area (Å²) in [5.74, 6) is 2.32. The van der Waals surface area contributed by atoms with Gasteiger partial charge in [0.25, 0.3) is 0 Å². The van der Waals surface area contributed by atoms with Gasteiger partial charge in [0.15, 0.2) is 11.6 Å². The molecular formula is C22H32N8O. The lowest BCUT2D eigenvalue weighted by atomic mass is 9.85. The number of H-pyrrole nitrogens is 1. The third-order valence-electron chi connectivity index (χ3n) is 5.92. The van der Waals surface area contributed by atoms with Crippen molar-refractivity contribution in [2.24, 2.45) is 5.41 Å². The number of aromatic amines is 1. The van der Waals surface area contributed by atoms with E-state index in [9.17, 15) is 4.79 Å². The minimum Gasteiger partial charge on any atom is -0.339 e. The summed E-state index contributed by atoms with van der Waals surface area (Å²) in [6.45, 7) is 11.0. The normalized spacial score (nSPS) is 15.0. The molecule has 0 unspecified atom stereocenters. The van der Waals surface area contributed by atoms with E-state index in [1.54, 1.807) is 0 Å². The van der Waals surface area contributed by atoms with Crippen molar-refractivity contribution in [3.05, 3.63) is 30.1 Å². The first-order chi connectivity index (χ1) is 14.9. The van der Waals surface area contributed by atoms with E-state index >= 15 is 0 Å². The Morgan fingerprint density at radius 2 is 2.03 bits per heavy atom. The number of unbranched alkanes of at least 4 members (excludes halogenated alkanes) is 1. The lowest BCUT2D eigenvalue weighted by Gasteiger charge is -2.38. The maximum absolute atomic E-state index is 13.0. The Balaban J connectivity index is 1.48. The monoisotopic (exact) mass is 424 g/mol. The second-order valence-electron chi connectivity index (χ2n) is 8.93. The average molecular weight is 425 g/mol. The van der Waals surface area contributed by atoms with Crippen LogP contribution in [0, 0.1) is 12.3 Å². The highest BCUT2D eigenvalue weighted by Gasteiger charge is 2.33. The van der Waals surface area contributed by atoms with Gasteiger partial charge in [-0.15, -0.1) is 5.10 Å². The van der Waals surface area contributed by atoms with Crippen molar-refractivity contribution < 1.29 is 4.79 Å². The molecule has 4 rings (SSSR count). The van der Waals surface area contributed by atoms with Crippen LogP contribution in [0.4, 0.5) is 17.6 Å². The number of rotatable bonds is 7. The van der Waals surface area contributed by atoms with Crippen molar-refractivity contribution in [3.63, 3.8) is 0 Å². The average Bonchev–Trinajstić information content (AvgIpc) is 3.40. The quantitative estimate of drug-likeness (QED) is 0.604. The van der Waals surface area contributed by atoms with Gasteiger partial charge in [-0.05, 0) is 25.5 Å². The molecule has 2 N–H and O–H groups in total. The summed E-state index contributed by atoms with van der Waals surface area (Å²) < 4.78 is 1.83. The Hall–Kier alpha value is -3.10. The first-order valence-corrected chi connectivity index (χ1v) is 11.1. The second kappa shape index (κ2) is 8.56. The fourth-order valence-corrected chi connectivity index (χ4v) is 4.02. The molecule has 0 aliphatic carbocycles. The molecule has 1 aliphatic heterocycles. The van der Waals surface area contributed by atoms with E-state index in [4.69, 9.17) is 4.98 Å². The fraction of sp³-hybridized carbons (Fsp3) is 0.545. The number of piperazine rings is 1. The number of aromatic nitrogens is 5. The SMILES string of the molecule is CCCCC(C)(C)C(=O)N1CCN(c2nc(Nc3cc(C)[nH]n3)c3cccn3n2)CC1. The molecule has 0 spiro atoms. The second-order valence-corrected chi connectivity index (χ2v) is 8.93. The first-order valence-electron chi connectivity index (χ1n) is 11.1. The van der Waals surface area contributed by atoms with Crippen molar-refractivity contribution >= 4 is 29.0 Å². The minimum atomic E-state index is -0.308. The first kappa shape index (κ1) is 21.1. The molecule has 0 aromatic carbocycles. The Labute approximate surface area is 182 Å². The van der Waals surface area contributed by atoms with Crippen molar-refractivity contribution in [1.29, 1.82) is 0 Å². The molecule has 9 nitrogen and oxygen atoms in total. The lowest BCUT2D eigenvalue weighted by molar-refractivity contribution is -0.141. The summed E-state index contributed by atoms with van der Waals surface area (Å²) in [6.07, 6.45) is 5.03. The molecule has 4 heterocycles. The van der Waals surface area contributed by atoms with E-state index in [1.165, 1.54) is 0 Å². The number of amides is 1. The number of hydrogen-bond donors (Lipinski definition) is 2. The van der Waals surface area contributed by atoms with Crippen molar-refractivity contribution in [3.8, 4) is 0 Å². The fourth-order valence-electron chi connectivity index (χ4n) is 4.02. The zero-order chi connectivity index (χ0) is 22.0. The number of hydrogen-bond acceptors (Lipinski definition) is 6. The number of fused-ring (bicyclic) bond motifs is 1. The van der Waals surface area contributed by atoms with E-state index in [-0.39, 0.29) is 11.3 Å².